The number of amides is 1. The van der Waals surface area contributed by atoms with E-state index >= 15 is 0 Å². The Morgan fingerprint density at radius 2 is 1.80 bits per heavy atom. The monoisotopic (exact) mass is 296 g/mol. The number of carbonyl (C=O) groups is 1. The highest BCUT2D eigenvalue weighted by Gasteiger charge is 2.19. The SMILES string of the molecule is CS(=O)(=O)c1ccc(NC=O)cc1N1CCCCCC1. The maximum Gasteiger partial charge on any atom is 0.211 e. The van der Waals surface area contributed by atoms with Crippen LogP contribution in [0, 0.1) is 0 Å². The Bertz CT molecular complexity index is 576. The van der Waals surface area contributed by atoms with Crippen molar-refractivity contribution in [2.24, 2.45) is 0 Å². The number of nitrogens with one attached hydrogen (secondary N) is 1. The van der Waals surface area contributed by atoms with Gasteiger partial charge in [-0.3, -0.25) is 4.79 Å². The molecule has 20 heavy (non-hydrogen) atoms. The number of hydrogen-bond donors (Lipinski definition) is 1. The van der Waals surface area contributed by atoms with Gasteiger partial charge >= 0.3 is 0 Å². The van der Waals surface area contributed by atoms with Crippen molar-refractivity contribution in [3.05, 3.63) is 18.2 Å². The summed E-state index contributed by atoms with van der Waals surface area (Å²) < 4.78 is 23.9. The molecule has 2 rings (SSSR count). The highest BCUT2D eigenvalue weighted by molar-refractivity contribution is 7.90. The van der Waals surface area contributed by atoms with Crippen molar-refractivity contribution >= 4 is 27.6 Å². The number of benzene rings is 1. The van der Waals surface area contributed by atoms with Gasteiger partial charge in [0.05, 0.1) is 10.6 Å². The van der Waals surface area contributed by atoms with Gasteiger partial charge < -0.3 is 10.2 Å². The van der Waals surface area contributed by atoms with Crippen molar-refractivity contribution in [3.63, 3.8) is 0 Å². The van der Waals surface area contributed by atoms with E-state index in [0.717, 1.165) is 25.9 Å². The Labute approximate surface area is 119 Å². The first-order valence-electron chi connectivity index (χ1n) is 6.81. The fraction of sp³-hybridized carbons (Fsp3) is 0.500. The van der Waals surface area contributed by atoms with Crippen LogP contribution in [-0.4, -0.2) is 34.2 Å². The maximum atomic E-state index is 11.9. The van der Waals surface area contributed by atoms with E-state index in [0.29, 0.717) is 22.7 Å². The fourth-order valence-corrected chi connectivity index (χ4v) is 3.43. The average molecular weight is 296 g/mol. The van der Waals surface area contributed by atoms with Gasteiger partial charge in [0.25, 0.3) is 0 Å². The summed E-state index contributed by atoms with van der Waals surface area (Å²) in [5.74, 6) is 0. The minimum atomic E-state index is -3.28. The molecule has 1 fully saturated rings. The first-order chi connectivity index (χ1) is 9.52. The summed E-state index contributed by atoms with van der Waals surface area (Å²) in [5.41, 5.74) is 1.31. The molecule has 1 N–H and O–H groups in total. The second kappa shape index (κ2) is 6.26. The molecular weight excluding hydrogens is 276 g/mol. The Morgan fingerprint density at radius 3 is 2.35 bits per heavy atom. The van der Waals surface area contributed by atoms with Gasteiger partial charge in [0.15, 0.2) is 9.84 Å². The Kier molecular flexibility index (Phi) is 4.65. The molecule has 6 heteroatoms. The molecule has 0 aliphatic carbocycles. The smallest absolute Gasteiger partial charge is 0.211 e. The third-order valence-corrected chi connectivity index (χ3v) is 4.67. The number of hydrogen-bond acceptors (Lipinski definition) is 4. The molecule has 0 bridgehead atoms. The van der Waals surface area contributed by atoms with E-state index in [4.69, 9.17) is 0 Å². The summed E-state index contributed by atoms with van der Waals surface area (Å²) in [6, 6.07) is 4.93. The molecule has 1 aromatic rings. The second-order valence-electron chi connectivity index (χ2n) is 5.12. The van der Waals surface area contributed by atoms with Crippen molar-refractivity contribution in [1.82, 2.24) is 0 Å². The van der Waals surface area contributed by atoms with Crippen LogP contribution in [0.5, 0.6) is 0 Å². The number of carbonyl (C=O) groups excluding carboxylic acids is 1. The molecule has 5 nitrogen and oxygen atoms in total. The molecule has 0 saturated carbocycles. The first kappa shape index (κ1) is 14.8. The van der Waals surface area contributed by atoms with Crippen LogP contribution in [0.25, 0.3) is 0 Å². The van der Waals surface area contributed by atoms with E-state index in [1.807, 2.05) is 0 Å². The van der Waals surface area contributed by atoms with Gasteiger partial charge in [0.2, 0.25) is 6.41 Å². The summed E-state index contributed by atoms with van der Waals surface area (Å²) in [7, 11) is -3.28. The molecule has 0 unspecified atom stereocenters. The van der Waals surface area contributed by atoms with Gasteiger partial charge in [-0.2, -0.15) is 0 Å². The number of sulfone groups is 1. The van der Waals surface area contributed by atoms with E-state index in [1.165, 1.54) is 19.1 Å². The third kappa shape index (κ3) is 3.50. The van der Waals surface area contributed by atoms with Gasteiger partial charge in [0, 0.05) is 25.0 Å². The Balaban J connectivity index is 2.44. The van der Waals surface area contributed by atoms with Crippen molar-refractivity contribution in [3.8, 4) is 0 Å². The van der Waals surface area contributed by atoms with E-state index in [1.54, 1.807) is 18.2 Å². The number of anilines is 2. The minimum absolute atomic E-state index is 0.329. The minimum Gasteiger partial charge on any atom is -0.370 e. The van der Waals surface area contributed by atoms with Crippen LogP contribution >= 0.6 is 0 Å². The molecule has 1 aromatic carbocycles. The van der Waals surface area contributed by atoms with Crippen LogP contribution in [0.2, 0.25) is 0 Å². The fourth-order valence-electron chi connectivity index (χ4n) is 2.55. The molecule has 0 aromatic heterocycles. The maximum absolute atomic E-state index is 11.9. The van der Waals surface area contributed by atoms with E-state index < -0.39 is 9.84 Å². The average Bonchev–Trinajstić information content (AvgIpc) is 2.66. The topological polar surface area (TPSA) is 66.5 Å². The normalized spacial score (nSPS) is 16.6. The quantitative estimate of drug-likeness (QED) is 0.863. The Hall–Kier alpha value is -1.56. The number of nitrogens with zero attached hydrogens (tertiary/aromatic N) is 1. The first-order valence-corrected chi connectivity index (χ1v) is 8.71. The third-order valence-electron chi connectivity index (χ3n) is 3.53. The molecule has 0 atom stereocenters. The molecule has 0 radical (unpaired) electrons. The zero-order valence-corrected chi connectivity index (χ0v) is 12.4. The van der Waals surface area contributed by atoms with Gasteiger partial charge in [0.1, 0.15) is 0 Å². The summed E-state index contributed by atoms with van der Waals surface area (Å²) in [6.45, 7) is 1.71. The lowest BCUT2D eigenvalue weighted by Crippen LogP contribution is -2.25. The predicted octanol–water partition coefficient (Wildman–Crippen LogP) is 2.04. The summed E-state index contributed by atoms with van der Waals surface area (Å²) in [6.07, 6.45) is 6.30. The van der Waals surface area contributed by atoms with Gasteiger partial charge in [-0.15, -0.1) is 0 Å². The lowest BCUT2D eigenvalue weighted by Gasteiger charge is -2.25. The molecule has 1 amide bonds. The van der Waals surface area contributed by atoms with Gasteiger partial charge in [-0.25, -0.2) is 8.42 Å². The van der Waals surface area contributed by atoms with Crippen LogP contribution in [0.3, 0.4) is 0 Å². The highest BCUT2D eigenvalue weighted by atomic mass is 32.2. The molecule has 1 heterocycles. The lowest BCUT2D eigenvalue weighted by molar-refractivity contribution is -0.105. The van der Waals surface area contributed by atoms with E-state index in [-0.39, 0.29) is 0 Å². The van der Waals surface area contributed by atoms with Crippen LogP contribution < -0.4 is 10.2 Å². The Morgan fingerprint density at radius 1 is 1.15 bits per heavy atom. The highest BCUT2D eigenvalue weighted by Crippen LogP contribution is 2.30. The molecular formula is C14H20N2O3S. The summed E-state index contributed by atoms with van der Waals surface area (Å²) >= 11 is 0. The molecule has 1 aliphatic rings. The van der Waals surface area contributed by atoms with Crippen LogP contribution in [0.15, 0.2) is 23.1 Å². The van der Waals surface area contributed by atoms with Crippen LogP contribution in [0.4, 0.5) is 11.4 Å². The van der Waals surface area contributed by atoms with Gasteiger partial charge in [-0.1, -0.05) is 12.8 Å². The van der Waals surface area contributed by atoms with E-state index in [2.05, 4.69) is 10.2 Å². The van der Waals surface area contributed by atoms with Gasteiger partial charge in [-0.05, 0) is 31.0 Å². The van der Waals surface area contributed by atoms with E-state index in [9.17, 15) is 13.2 Å². The van der Waals surface area contributed by atoms with Crippen molar-refractivity contribution in [2.45, 2.75) is 30.6 Å². The van der Waals surface area contributed by atoms with Crippen molar-refractivity contribution < 1.29 is 13.2 Å². The molecule has 110 valence electrons. The second-order valence-corrected chi connectivity index (χ2v) is 7.10. The molecule has 0 spiro atoms. The largest absolute Gasteiger partial charge is 0.370 e. The standard InChI is InChI=1S/C14H20N2O3S/c1-20(18,19)14-7-6-12(15-11-17)10-13(14)16-8-4-2-3-5-9-16/h6-7,10-11H,2-5,8-9H2,1H3,(H,15,17). The molecule has 1 aliphatic heterocycles. The summed E-state index contributed by atoms with van der Waals surface area (Å²) in [4.78, 5) is 13.0. The zero-order valence-electron chi connectivity index (χ0n) is 11.6. The van der Waals surface area contributed by atoms with Crippen LogP contribution in [-0.2, 0) is 14.6 Å². The predicted molar refractivity (Wildman–Crippen MR) is 79.9 cm³/mol. The summed E-state index contributed by atoms with van der Waals surface area (Å²) in [5, 5.41) is 2.58. The molecule has 1 saturated heterocycles. The lowest BCUT2D eigenvalue weighted by atomic mass is 10.2. The van der Waals surface area contributed by atoms with Crippen LogP contribution in [0.1, 0.15) is 25.7 Å². The van der Waals surface area contributed by atoms with Crippen molar-refractivity contribution in [2.75, 3.05) is 29.6 Å². The van der Waals surface area contributed by atoms with Crippen molar-refractivity contribution in [1.29, 1.82) is 0 Å². The number of rotatable bonds is 4. The zero-order chi connectivity index (χ0) is 14.6.